The third-order valence-corrected chi connectivity index (χ3v) is 6.90. The van der Waals surface area contributed by atoms with Gasteiger partial charge in [0, 0.05) is 49.4 Å². The summed E-state index contributed by atoms with van der Waals surface area (Å²) < 4.78 is 5.24. The van der Waals surface area contributed by atoms with E-state index in [2.05, 4.69) is 27.2 Å². The normalized spacial score (nSPS) is 15.8. The fourth-order valence-electron chi connectivity index (χ4n) is 5.08. The second-order valence-corrected chi connectivity index (χ2v) is 9.14. The van der Waals surface area contributed by atoms with Gasteiger partial charge in [-0.3, -0.25) is 14.5 Å². The van der Waals surface area contributed by atoms with Crippen molar-refractivity contribution in [2.24, 2.45) is 0 Å². The maximum absolute atomic E-state index is 13.2. The molecule has 0 aliphatic carbocycles. The molecule has 8 heteroatoms. The predicted octanol–water partition coefficient (Wildman–Crippen LogP) is 3.92. The Morgan fingerprint density at radius 2 is 1.67 bits per heavy atom. The lowest BCUT2D eigenvalue weighted by Gasteiger charge is -2.33. The summed E-state index contributed by atoms with van der Waals surface area (Å²) in [6.45, 7) is 3.49. The van der Waals surface area contributed by atoms with Gasteiger partial charge in [-0.1, -0.05) is 36.4 Å². The maximum Gasteiger partial charge on any atom is 0.289 e. The van der Waals surface area contributed by atoms with Crippen molar-refractivity contribution < 1.29 is 14.0 Å². The van der Waals surface area contributed by atoms with Gasteiger partial charge >= 0.3 is 0 Å². The molecule has 2 amide bonds. The Kier molecular flexibility index (Phi) is 5.87. The molecule has 1 N–H and O–H groups in total. The van der Waals surface area contributed by atoms with Gasteiger partial charge in [0.15, 0.2) is 5.76 Å². The standard InChI is InChI=1S/C28H27N5O3/c34-25(19-31-14-16-32(17-15-31)28(35)24-11-6-18-36-24)30-26-21-9-4-5-10-23(21)29-27-22(26)12-13-33(27)20-7-2-1-3-8-20/h1-11,18H,12-17,19H2,(H,29,30,34). The van der Waals surface area contributed by atoms with E-state index in [0.717, 1.165) is 46.6 Å². The molecule has 4 heterocycles. The van der Waals surface area contributed by atoms with Crippen molar-refractivity contribution in [3.63, 3.8) is 0 Å². The van der Waals surface area contributed by atoms with Crippen LogP contribution in [0.3, 0.4) is 0 Å². The summed E-state index contributed by atoms with van der Waals surface area (Å²) in [4.78, 5) is 36.7. The van der Waals surface area contributed by atoms with Crippen LogP contribution in [0.4, 0.5) is 17.2 Å². The van der Waals surface area contributed by atoms with Crippen LogP contribution in [0.5, 0.6) is 0 Å². The molecule has 36 heavy (non-hydrogen) atoms. The van der Waals surface area contributed by atoms with Crippen LogP contribution in [0.2, 0.25) is 0 Å². The first kappa shape index (κ1) is 22.3. The summed E-state index contributed by atoms with van der Waals surface area (Å²) in [7, 11) is 0. The van der Waals surface area contributed by atoms with Crippen LogP contribution in [-0.2, 0) is 11.2 Å². The highest BCUT2D eigenvalue weighted by atomic mass is 16.3. The summed E-state index contributed by atoms with van der Waals surface area (Å²) in [6.07, 6.45) is 2.32. The van der Waals surface area contributed by atoms with Crippen LogP contribution in [0.25, 0.3) is 10.9 Å². The monoisotopic (exact) mass is 481 g/mol. The second kappa shape index (κ2) is 9.47. The minimum atomic E-state index is -0.106. The molecule has 8 nitrogen and oxygen atoms in total. The number of furan rings is 1. The van der Waals surface area contributed by atoms with E-state index in [0.29, 0.717) is 31.9 Å². The van der Waals surface area contributed by atoms with Gasteiger partial charge in [-0.2, -0.15) is 0 Å². The van der Waals surface area contributed by atoms with Gasteiger partial charge in [-0.25, -0.2) is 4.98 Å². The SMILES string of the molecule is O=C(CN1CCN(C(=O)c2ccco2)CC1)Nc1c2c(nc3ccccc13)N(c1ccccc1)CC2. The molecule has 182 valence electrons. The minimum absolute atomic E-state index is 0.0578. The Morgan fingerprint density at radius 3 is 2.44 bits per heavy atom. The highest BCUT2D eigenvalue weighted by Gasteiger charge is 2.28. The molecule has 1 saturated heterocycles. The molecule has 2 aliphatic heterocycles. The van der Waals surface area contributed by atoms with Gasteiger partial charge in [0.2, 0.25) is 5.91 Å². The number of amides is 2. The smallest absolute Gasteiger partial charge is 0.289 e. The van der Waals surface area contributed by atoms with E-state index in [4.69, 9.17) is 9.40 Å². The summed E-state index contributed by atoms with van der Waals surface area (Å²) in [5.41, 5.74) is 3.88. The van der Waals surface area contributed by atoms with E-state index in [-0.39, 0.29) is 18.4 Å². The highest BCUT2D eigenvalue weighted by Crippen LogP contribution is 2.40. The first-order valence-corrected chi connectivity index (χ1v) is 12.3. The molecule has 0 saturated carbocycles. The summed E-state index contributed by atoms with van der Waals surface area (Å²) in [5.74, 6) is 1.09. The highest BCUT2D eigenvalue weighted by molar-refractivity contribution is 6.05. The quantitative estimate of drug-likeness (QED) is 0.465. The van der Waals surface area contributed by atoms with Gasteiger partial charge in [0.05, 0.1) is 24.0 Å². The maximum atomic E-state index is 13.2. The molecule has 6 rings (SSSR count). The zero-order chi connectivity index (χ0) is 24.5. The molecule has 0 bridgehead atoms. The van der Waals surface area contributed by atoms with Crippen molar-refractivity contribution in [2.45, 2.75) is 6.42 Å². The molecule has 1 fully saturated rings. The number of rotatable bonds is 5. The van der Waals surface area contributed by atoms with Gasteiger partial charge in [0.25, 0.3) is 5.91 Å². The van der Waals surface area contributed by atoms with E-state index in [1.807, 2.05) is 42.5 Å². The Morgan fingerprint density at radius 1 is 0.889 bits per heavy atom. The van der Waals surface area contributed by atoms with Gasteiger partial charge in [-0.05, 0) is 36.8 Å². The third kappa shape index (κ3) is 4.20. The van der Waals surface area contributed by atoms with Crippen LogP contribution in [-0.4, -0.2) is 65.9 Å². The van der Waals surface area contributed by atoms with Crippen LogP contribution < -0.4 is 10.2 Å². The van der Waals surface area contributed by atoms with E-state index in [1.54, 1.807) is 17.0 Å². The van der Waals surface area contributed by atoms with E-state index >= 15 is 0 Å². The molecule has 2 aromatic heterocycles. The van der Waals surface area contributed by atoms with E-state index in [1.165, 1.54) is 6.26 Å². The van der Waals surface area contributed by atoms with E-state index in [9.17, 15) is 9.59 Å². The molecule has 0 unspecified atom stereocenters. The fourth-order valence-corrected chi connectivity index (χ4v) is 5.08. The van der Waals surface area contributed by atoms with Gasteiger partial charge < -0.3 is 19.5 Å². The lowest BCUT2D eigenvalue weighted by molar-refractivity contribution is -0.117. The Bertz CT molecular complexity index is 1400. The number of hydrogen-bond donors (Lipinski definition) is 1. The van der Waals surface area contributed by atoms with Crippen molar-refractivity contribution in [1.82, 2.24) is 14.8 Å². The predicted molar refractivity (Wildman–Crippen MR) is 139 cm³/mol. The number of pyridine rings is 1. The Labute approximate surface area is 209 Å². The molecule has 2 aliphatic rings. The molecular formula is C28H27N5O3. The number of para-hydroxylation sites is 2. The lowest BCUT2D eigenvalue weighted by Crippen LogP contribution is -2.50. The van der Waals surface area contributed by atoms with Crippen molar-refractivity contribution in [3.05, 3.63) is 84.3 Å². The molecular weight excluding hydrogens is 454 g/mol. The zero-order valence-corrected chi connectivity index (χ0v) is 19.9. The van der Waals surface area contributed by atoms with Crippen LogP contribution >= 0.6 is 0 Å². The van der Waals surface area contributed by atoms with E-state index < -0.39 is 0 Å². The molecule has 2 aromatic carbocycles. The minimum Gasteiger partial charge on any atom is -0.459 e. The number of hydrogen-bond acceptors (Lipinski definition) is 6. The molecule has 0 spiro atoms. The lowest BCUT2D eigenvalue weighted by atomic mass is 10.1. The average molecular weight is 482 g/mol. The number of benzene rings is 2. The Balaban J connectivity index is 1.18. The fraction of sp³-hybridized carbons (Fsp3) is 0.250. The van der Waals surface area contributed by atoms with Crippen molar-refractivity contribution in [2.75, 3.05) is 49.5 Å². The number of carbonyl (C=O) groups is 2. The topological polar surface area (TPSA) is 81.9 Å². The number of aromatic nitrogens is 1. The number of anilines is 3. The molecule has 0 radical (unpaired) electrons. The number of nitrogens with zero attached hydrogens (tertiary/aromatic N) is 4. The number of carbonyl (C=O) groups excluding carboxylic acids is 2. The summed E-state index contributed by atoms with van der Waals surface area (Å²) in [6, 6.07) is 21.6. The molecule has 4 aromatic rings. The van der Waals surface area contributed by atoms with Crippen molar-refractivity contribution in [1.29, 1.82) is 0 Å². The van der Waals surface area contributed by atoms with Gasteiger partial charge in [0.1, 0.15) is 5.82 Å². The van der Waals surface area contributed by atoms with Crippen LogP contribution in [0.15, 0.2) is 77.4 Å². The summed E-state index contributed by atoms with van der Waals surface area (Å²) in [5, 5.41) is 4.17. The van der Waals surface area contributed by atoms with Gasteiger partial charge in [-0.15, -0.1) is 0 Å². The summed E-state index contributed by atoms with van der Waals surface area (Å²) >= 11 is 0. The number of piperazine rings is 1. The zero-order valence-electron chi connectivity index (χ0n) is 19.9. The average Bonchev–Trinajstić information content (AvgIpc) is 3.60. The second-order valence-electron chi connectivity index (χ2n) is 9.14. The van der Waals surface area contributed by atoms with Crippen LogP contribution in [0.1, 0.15) is 16.1 Å². The largest absolute Gasteiger partial charge is 0.459 e. The van der Waals surface area contributed by atoms with Crippen LogP contribution in [0, 0.1) is 0 Å². The third-order valence-electron chi connectivity index (χ3n) is 6.90. The first-order valence-electron chi connectivity index (χ1n) is 12.3. The number of fused-ring (bicyclic) bond motifs is 2. The Hall–Kier alpha value is -4.17. The van der Waals surface area contributed by atoms with Crippen molar-refractivity contribution in [3.8, 4) is 0 Å². The van der Waals surface area contributed by atoms with Crippen molar-refractivity contribution >= 4 is 39.9 Å². The number of nitrogens with one attached hydrogen (secondary N) is 1. The first-order chi connectivity index (χ1) is 17.7. The molecule has 0 atom stereocenters.